The lowest BCUT2D eigenvalue weighted by Crippen LogP contribution is -2.61. The molecule has 1 saturated heterocycles. The summed E-state index contributed by atoms with van der Waals surface area (Å²) in [6, 6.07) is 6.44. The van der Waals surface area contributed by atoms with E-state index in [-0.39, 0.29) is 18.0 Å². The SMILES string of the molecule is Cc1cc(C#N)ccc1S(=O)(=O)N1CC(C)(O)C1. The Morgan fingerprint density at radius 1 is 1.44 bits per heavy atom. The van der Waals surface area contributed by atoms with Crippen molar-refractivity contribution >= 4 is 10.0 Å². The van der Waals surface area contributed by atoms with Gasteiger partial charge in [0.2, 0.25) is 10.0 Å². The summed E-state index contributed by atoms with van der Waals surface area (Å²) in [5.74, 6) is 0. The van der Waals surface area contributed by atoms with Gasteiger partial charge in [-0.05, 0) is 37.6 Å². The van der Waals surface area contributed by atoms with Crippen LogP contribution in [0.4, 0.5) is 0 Å². The molecule has 0 saturated carbocycles. The molecule has 1 aromatic carbocycles. The Morgan fingerprint density at radius 2 is 2.06 bits per heavy atom. The Bertz CT molecular complexity index is 621. The first-order valence-electron chi connectivity index (χ1n) is 5.49. The molecule has 96 valence electrons. The minimum Gasteiger partial charge on any atom is -0.387 e. The molecule has 1 aromatic rings. The number of aryl methyl sites for hydroxylation is 1. The molecule has 0 aromatic heterocycles. The largest absolute Gasteiger partial charge is 0.387 e. The quantitative estimate of drug-likeness (QED) is 0.851. The highest BCUT2D eigenvalue weighted by Crippen LogP contribution is 2.29. The maximum atomic E-state index is 12.3. The molecule has 1 aliphatic heterocycles. The van der Waals surface area contributed by atoms with Crippen LogP contribution in [0.2, 0.25) is 0 Å². The summed E-state index contributed by atoms with van der Waals surface area (Å²) in [4.78, 5) is 0.192. The second-order valence-electron chi connectivity index (χ2n) is 4.86. The molecular formula is C12H14N2O3S. The highest BCUT2D eigenvalue weighted by molar-refractivity contribution is 7.89. The summed E-state index contributed by atoms with van der Waals surface area (Å²) in [7, 11) is -3.57. The number of hydrogen-bond acceptors (Lipinski definition) is 4. The fraction of sp³-hybridized carbons (Fsp3) is 0.417. The van der Waals surface area contributed by atoms with Crippen LogP contribution in [0.3, 0.4) is 0 Å². The van der Waals surface area contributed by atoms with Crippen molar-refractivity contribution in [3.8, 4) is 6.07 Å². The van der Waals surface area contributed by atoms with Crippen molar-refractivity contribution in [2.45, 2.75) is 24.3 Å². The van der Waals surface area contributed by atoms with Gasteiger partial charge < -0.3 is 5.11 Å². The van der Waals surface area contributed by atoms with Gasteiger partial charge in [-0.1, -0.05) is 0 Å². The second kappa shape index (κ2) is 4.05. The first-order valence-corrected chi connectivity index (χ1v) is 6.93. The number of aliphatic hydroxyl groups is 1. The van der Waals surface area contributed by atoms with Crippen molar-refractivity contribution in [3.05, 3.63) is 29.3 Å². The first kappa shape index (κ1) is 13.0. The van der Waals surface area contributed by atoms with E-state index in [1.54, 1.807) is 19.9 Å². The molecule has 1 aliphatic rings. The summed E-state index contributed by atoms with van der Waals surface area (Å²) in [5, 5.41) is 18.3. The van der Waals surface area contributed by atoms with Crippen molar-refractivity contribution in [1.29, 1.82) is 5.26 Å². The van der Waals surface area contributed by atoms with E-state index >= 15 is 0 Å². The first-order chi connectivity index (χ1) is 8.26. The van der Waals surface area contributed by atoms with Crippen LogP contribution >= 0.6 is 0 Å². The predicted octanol–water partition coefficient (Wildman–Crippen LogP) is 0.622. The van der Waals surface area contributed by atoms with Crippen LogP contribution in [0.1, 0.15) is 18.1 Å². The van der Waals surface area contributed by atoms with E-state index in [9.17, 15) is 13.5 Å². The smallest absolute Gasteiger partial charge is 0.243 e. The van der Waals surface area contributed by atoms with E-state index in [1.807, 2.05) is 6.07 Å². The number of sulfonamides is 1. The fourth-order valence-corrected chi connectivity index (χ4v) is 3.91. The molecule has 0 unspecified atom stereocenters. The van der Waals surface area contributed by atoms with Crippen LogP contribution in [0.5, 0.6) is 0 Å². The van der Waals surface area contributed by atoms with Gasteiger partial charge in [0.1, 0.15) is 0 Å². The lowest BCUT2D eigenvalue weighted by Gasteiger charge is -2.43. The third kappa shape index (κ3) is 2.12. The van der Waals surface area contributed by atoms with Gasteiger partial charge in [-0.3, -0.25) is 0 Å². The Morgan fingerprint density at radius 3 is 2.50 bits per heavy atom. The van der Waals surface area contributed by atoms with Crippen molar-refractivity contribution in [2.75, 3.05) is 13.1 Å². The lowest BCUT2D eigenvalue weighted by molar-refractivity contribution is -0.0426. The number of hydrogen-bond donors (Lipinski definition) is 1. The average molecular weight is 266 g/mol. The van der Waals surface area contributed by atoms with Gasteiger partial charge in [0, 0.05) is 13.1 Å². The van der Waals surface area contributed by atoms with Gasteiger partial charge in [0.25, 0.3) is 0 Å². The van der Waals surface area contributed by atoms with Gasteiger partial charge in [-0.2, -0.15) is 9.57 Å². The van der Waals surface area contributed by atoms with Crippen molar-refractivity contribution in [3.63, 3.8) is 0 Å². The molecule has 0 atom stereocenters. The maximum Gasteiger partial charge on any atom is 0.243 e. The molecular weight excluding hydrogens is 252 g/mol. The number of nitriles is 1. The molecule has 0 radical (unpaired) electrons. The number of benzene rings is 1. The van der Waals surface area contributed by atoms with Gasteiger partial charge in [-0.25, -0.2) is 8.42 Å². The Kier molecular flexibility index (Phi) is 2.93. The molecule has 1 N–H and O–H groups in total. The van der Waals surface area contributed by atoms with E-state index in [2.05, 4.69) is 0 Å². The number of nitrogens with zero attached hydrogens (tertiary/aromatic N) is 2. The monoisotopic (exact) mass is 266 g/mol. The van der Waals surface area contributed by atoms with Crippen LogP contribution in [0.25, 0.3) is 0 Å². The topological polar surface area (TPSA) is 81.4 Å². The van der Waals surface area contributed by atoms with Crippen LogP contribution < -0.4 is 0 Å². The summed E-state index contributed by atoms with van der Waals surface area (Å²) in [6.45, 7) is 3.47. The van der Waals surface area contributed by atoms with Gasteiger partial charge >= 0.3 is 0 Å². The van der Waals surface area contributed by atoms with Gasteiger partial charge in [-0.15, -0.1) is 0 Å². The van der Waals surface area contributed by atoms with Gasteiger partial charge in [0.15, 0.2) is 0 Å². The third-order valence-corrected chi connectivity index (χ3v) is 4.91. The van der Waals surface area contributed by atoms with Crippen molar-refractivity contribution in [1.82, 2.24) is 4.31 Å². The summed E-state index contributed by atoms with van der Waals surface area (Å²) in [5.41, 5.74) is 0.0377. The zero-order valence-corrected chi connectivity index (χ0v) is 11.0. The predicted molar refractivity (Wildman–Crippen MR) is 65.3 cm³/mol. The van der Waals surface area contributed by atoms with E-state index in [1.165, 1.54) is 16.4 Å². The van der Waals surface area contributed by atoms with E-state index in [0.717, 1.165) is 0 Å². The lowest BCUT2D eigenvalue weighted by atomic mass is 10.0. The summed E-state index contributed by atoms with van der Waals surface area (Å²) < 4.78 is 25.7. The molecule has 0 spiro atoms. The Labute approximate surface area is 106 Å². The summed E-state index contributed by atoms with van der Waals surface area (Å²) in [6.07, 6.45) is 0. The second-order valence-corrected chi connectivity index (χ2v) is 6.77. The highest BCUT2D eigenvalue weighted by Gasteiger charge is 2.44. The summed E-state index contributed by atoms with van der Waals surface area (Å²) >= 11 is 0. The Hall–Kier alpha value is -1.42. The molecule has 0 amide bonds. The van der Waals surface area contributed by atoms with Crippen LogP contribution in [-0.4, -0.2) is 36.5 Å². The molecule has 18 heavy (non-hydrogen) atoms. The van der Waals surface area contributed by atoms with Crippen molar-refractivity contribution < 1.29 is 13.5 Å². The van der Waals surface area contributed by atoms with E-state index in [0.29, 0.717) is 11.1 Å². The normalized spacial score (nSPS) is 19.0. The minimum absolute atomic E-state index is 0.106. The van der Waals surface area contributed by atoms with E-state index in [4.69, 9.17) is 5.26 Å². The molecule has 5 nitrogen and oxygen atoms in total. The highest BCUT2D eigenvalue weighted by atomic mass is 32.2. The maximum absolute atomic E-state index is 12.3. The van der Waals surface area contributed by atoms with Gasteiger partial charge in [0.05, 0.1) is 22.1 Å². The fourth-order valence-electron chi connectivity index (χ4n) is 2.03. The number of rotatable bonds is 2. The molecule has 6 heteroatoms. The van der Waals surface area contributed by atoms with Crippen LogP contribution in [0.15, 0.2) is 23.1 Å². The minimum atomic E-state index is -3.57. The molecule has 0 bridgehead atoms. The molecule has 1 heterocycles. The third-order valence-electron chi connectivity index (χ3n) is 2.96. The average Bonchev–Trinajstić information content (AvgIpc) is 2.25. The van der Waals surface area contributed by atoms with Crippen LogP contribution in [-0.2, 0) is 10.0 Å². The number of β-amino-alcohol motifs (C(OH)–C–C–N with tert-alkyl or cyclic N) is 1. The zero-order chi connectivity index (χ0) is 13.6. The standard InChI is InChI=1S/C12H14N2O3S/c1-9-5-10(6-13)3-4-11(9)18(16,17)14-7-12(2,15)8-14/h3-5,15H,7-8H2,1-2H3. The van der Waals surface area contributed by atoms with E-state index < -0.39 is 15.6 Å². The molecule has 2 rings (SSSR count). The Balaban J connectivity index is 2.35. The zero-order valence-electron chi connectivity index (χ0n) is 10.2. The van der Waals surface area contributed by atoms with Crippen molar-refractivity contribution in [2.24, 2.45) is 0 Å². The molecule has 1 fully saturated rings. The van der Waals surface area contributed by atoms with Crippen LogP contribution in [0, 0.1) is 18.3 Å². The molecule has 0 aliphatic carbocycles.